The Morgan fingerprint density at radius 2 is 2.00 bits per heavy atom. The normalized spacial score (nSPS) is 14.0. The maximum absolute atomic E-state index is 12.3. The third-order valence-electron chi connectivity index (χ3n) is 4.59. The number of carbonyl (C=O) groups is 1. The molecule has 1 aliphatic carbocycles. The molecule has 8 nitrogen and oxygen atoms in total. The molecule has 2 aromatic heterocycles. The minimum absolute atomic E-state index is 0.158. The molecule has 0 aliphatic heterocycles. The molecule has 0 bridgehead atoms. The second kappa shape index (κ2) is 9.34. The van der Waals surface area contributed by atoms with Crippen LogP contribution < -0.4 is 20.3 Å². The summed E-state index contributed by atoms with van der Waals surface area (Å²) in [6, 6.07) is 5.39. The minimum atomic E-state index is -0.158. The first-order chi connectivity index (χ1) is 13.5. The third-order valence-corrected chi connectivity index (χ3v) is 4.59. The van der Waals surface area contributed by atoms with Crippen molar-refractivity contribution in [3.05, 3.63) is 35.8 Å². The number of rotatable bonds is 8. The van der Waals surface area contributed by atoms with Gasteiger partial charge >= 0.3 is 0 Å². The van der Waals surface area contributed by atoms with E-state index in [1.807, 2.05) is 32.0 Å². The highest BCUT2D eigenvalue weighted by molar-refractivity contribution is 5.93. The third kappa shape index (κ3) is 5.55. The van der Waals surface area contributed by atoms with Gasteiger partial charge in [0.2, 0.25) is 5.88 Å². The topological polar surface area (TPSA) is 92.3 Å². The molecule has 1 saturated carbocycles. The van der Waals surface area contributed by atoms with Crippen LogP contribution in [0.15, 0.2) is 24.4 Å². The van der Waals surface area contributed by atoms with E-state index in [1.54, 1.807) is 18.3 Å². The number of aromatic nitrogens is 3. The van der Waals surface area contributed by atoms with E-state index in [9.17, 15) is 4.79 Å². The van der Waals surface area contributed by atoms with E-state index in [2.05, 4.69) is 25.6 Å². The number of carbonyl (C=O) groups excluding carboxylic acids is 1. The molecule has 1 amide bonds. The van der Waals surface area contributed by atoms with Crippen molar-refractivity contribution in [1.82, 2.24) is 20.3 Å². The summed E-state index contributed by atoms with van der Waals surface area (Å²) in [5.41, 5.74) is 0.520. The lowest BCUT2D eigenvalue weighted by Gasteiger charge is -2.14. The largest absolute Gasteiger partial charge is 0.474 e. The maximum atomic E-state index is 12.3. The lowest BCUT2D eigenvalue weighted by atomic mass is 10.2. The van der Waals surface area contributed by atoms with Crippen LogP contribution in [0.3, 0.4) is 0 Å². The van der Waals surface area contributed by atoms with Crippen molar-refractivity contribution in [3.8, 4) is 5.88 Å². The average Bonchev–Trinajstić information content (AvgIpc) is 3.18. The van der Waals surface area contributed by atoms with Crippen LogP contribution in [0.2, 0.25) is 0 Å². The van der Waals surface area contributed by atoms with Crippen LogP contribution in [0.4, 0.5) is 11.6 Å². The Bertz CT molecular complexity index is 788. The SMILES string of the molecule is Cc1nc(NCCNC(=O)c2ccc(OC3CCCC3)nc2)cc(N(C)C)n1. The van der Waals surface area contributed by atoms with Gasteiger partial charge in [0.25, 0.3) is 5.91 Å². The van der Waals surface area contributed by atoms with Crippen molar-refractivity contribution < 1.29 is 9.53 Å². The number of anilines is 2. The van der Waals surface area contributed by atoms with Gasteiger partial charge in [-0.15, -0.1) is 0 Å². The van der Waals surface area contributed by atoms with Gasteiger partial charge in [0.1, 0.15) is 23.6 Å². The molecular formula is C20H28N6O2. The lowest BCUT2D eigenvalue weighted by molar-refractivity contribution is 0.0954. The van der Waals surface area contributed by atoms with E-state index >= 15 is 0 Å². The molecule has 3 rings (SSSR count). The number of nitrogens with zero attached hydrogens (tertiary/aromatic N) is 4. The highest BCUT2D eigenvalue weighted by Crippen LogP contribution is 2.22. The molecule has 2 heterocycles. The predicted octanol–water partition coefficient (Wildman–Crippen LogP) is 2.41. The molecule has 2 N–H and O–H groups in total. The number of hydrogen-bond acceptors (Lipinski definition) is 7. The van der Waals surface area contributed by atoms with Gasteiger partial charge in [-0.1, -0.05) is 0 Å². The second-order valence-corrected chi connectivity index (χ2v) is 7.15. The standard InChI is InChI=1S/C20H28N6O2/c1-14-24-17(12-18(25-14)26(2)3)21-10-11-22-20(27)15-8-9-19(23-13-15)28-16-6-4-5-7-16/h8-9,12-13,16H,4-7,10-11H2,1-3H3,(H,22,27)(H,21,24,25). The summed E-state index contributed by atoms with van der Waals surface area (Å²) >= 11 is 0. The van der Waals surface area contributed by atoms with E-state index in [-0.39, 0.29) is 12.0 Å². The first-order valence-corrected chi connectivity index (χ1v) is 9.69. The monoisotopic (exact) mass is 384 g/mol. The summed E-state index contributed by atoms with van der Waals surface area (Å²) in [7, 11) is 3.87. The first kappa shape index (κ1) is 19.9. The number of aryl methyl sites for hydroxylation is 1. The van der Waals surface area contributed by atoms with Gasteiger partial charge in [-0.2, -0.15) is 0 Å². The molecular weight excluding hydrogens is 356 g/mol. The van der Waals surface area contributed by atoms with Crippen LogP contribution in [-0.2, 0) is 0 Å². The first-order valence-electron chi connectivity index (χ1n) is 9.69. The van der Waals surface area contributed by atoms with Crippen molar-refractivity contribution in [2.75, 3.05) is 37.4 Å². The molecule has 0 radical (unpaired) electrons. The maximum Gasteiger partial charge on any atom is 0.252 e. The van der Waals surface area contributed by atoms with Crippen LogP contribution in [0.1, 0.15) is 41.9 Å². The summed E-state index contributed by atoms with van der Waals surface area (Å²) in [4.78, 5) is 27.2. The number of nitrogens with one attached hydrogen (secondary N) is 2. The zero-order valence-corrected chi connectivity index (χ0v) is 16.7. The number of ether oxygens (including phenoxy) is 1. The molecule has 0 unspecified atom stereocenters. The van der Waals surface area contributed by atoms with E-state index in [4.69, 9.17) is 4.74 Å². The average molecular weight is 384 g/mol. The molecule has 1 aliphatic rings. The van der Waals surface area contributed by atoms with Crippen molar-refractivity contribution in [1.29, 1.82) is 0 Å². The van der Waals surface area contributed by atoms with Gasteiger partial charge in [-0.3, -0.25) is 4.79 Å². The highest BCUT2D eigenvalue weighted by atomic mass is 16.5. The summed E-state index contributed by atoms with van der Waals surface area (Å²) in [6.45, 7) is 2.89. The van der Waals surface area contributed by atoms with Crippen LogP contribution >= 0.6 is 0 Å². The fourth-order valence-corrected chi connectivity index (χ4v) is 3.10. The second-order valence-electron chi connectivity index (χ2n) is 7.15. The van der Waals surface area contributed by atoms with Gasteiger partial charge < -0.3 is 20.3 Å². The minimum Gasteiger partial charge on any atom is -0.474 e. The fraction of sp³-hybridized carbons (Fsp3) is 0.500. The Labute approximate surface area is 165 Å². The zero-order valence-electron chi connectivity index (χ0n) is 16.7. The van der Waals surface area contributed by atoms with Crippen LogP contribution in [0.25, 0.3) is 0 Å². The molecule has 1 fully saturated rings. The summed E-state index contributed by atoms with van der Waals surface area (Å²) in [5.74, 6) is 2.70. The van der Waals surface area contributed by atoms with Crippen LogP contribution in [0, 0.1) is 6.92 Å². The van der Waals surface area contributed by atoms with E-state index in [0.717, 1.165) is 24.5 Å². The molecule has 0 saturated heterocycles. The van der Waals surface area contributed by atoms with Gasteiger partial charge in [0, 0.05) is 45.5 Å². The van der Waals surface area contributed by atoms with Gasteiger partial charge in [-0.25, -0.2) is 15.0 Å². The smallest absolute Gasteiger partial charge is 0.252 e. The summed E-state index contributed by atoms with van der Waals surface area (Å²) < 4.78 is 5.83. The molecule has 150 valence electrons. The van der Waals surface area contributed by atoms with Crippen LogP contribution in [0.5, 0.6) is 5.88 Å². The zero-order chi connectivity index (χ0) is 19.9. The van der Waals surface area contributed by atoms with E-state index in [0.29, 0.717) is 30.4 Å². The number of amides is 1. The van der Waals surface area contributed by atoms with Crippen molar-refractivity contribution in [3.63, 3.8) is 0 Å². The Balaban J connectivity index is 1.44. The quantitative estimate of drug-likeness (QED) is 0.675. The number of pyridine rings is 1. The fourth-order valence-electron chi connectivity index (χ4n) is 3.10. The Kier molecular flexibility index (Phi) is 6.62. The summed E-state index contributed by atoms with van der Waals surface area (Å²) in [6.07, 6.45) is 6.41. The van der Waals surface area contributed by atoms with Crippen molar-refractivity contribution in [2.24, 2.45) is 0 Å². The molecule has 0 spiro atoms. The number of hydrogen-bond donors (Lipinski definition) is 2. The van der Waals surface area contributed by atoms with E-state index < -0.39 is 0 Å². The molecule has 2 aromatic rings. The van der Waals surface area contributed by atoms with Gasteiger partial charge in [0.05, 0.1) is 5.56 Å². The molecule has 0 aromatic carbocycles. The predicted molar refractivity (Wildman–Crippen MR) is 109 cm³/mol. The van der Waals surface area contributed by atoms with Crippen molar-refractivity contribution >= 4 is 17.5 Å². The van der Waals surface area contributed by atoms with Gasteiger partial charge in [-0.05, 0) is 38.7 Å². The van der Waals surface area contributed by atoms with Crippen LogP contribution in [-0.4, -0.2) is 54.1 Å². The molecule has 8 heteroatoms. The Hall–Kier alpha value is -2.90. The van der Waals surface area contributed by atoms with Gasteiger partial charge in [0.15, 0.2) is 0 Å². The summed E-state index contributed by atoms with van der Waals surface area (Å²) in [5, 5.41) is 6.09. The Morgan fingerprint density at radius 3 is 2.68 bits per heavy atom. The lowest BCUT2D eigenvalue weighted by Crippen LogP contribution is -2.29. The molecule has 0 atom stereocenters. The van der Waals surface area contributed by atoms with Crippen molar-refractivity contribution in [2.45, 2.75) is 38.7 Å². The highest BCUT2D eigenvalue weighted by Gasteiger charge is 2.17. The Morgan fingerprint density at radius 1 is 1.21 bits per heavy atom. The molecule has 28 heavy (non-hydrogen) atoms. The van der Waals surface area contributed by atoms with E-state index in [1.165, 1.54) is 12.8 Å².